The molecule has 2 atom stereocenters. The van der Waals surface area contributed by atoms with Crippen molar-refractivity contribution in [3.05, 3.63) is 23.8 Å². The number of benzene rings is 1. The van der Waals surface area contributed by atoms with Crippen LogP contribution in [0.3, 0.4) is 0 Å². The van der Waals surface area contributed by atoms with Gasteiger partial charge in [0.2, 0.25) is 0 Å². The van der Waals surface area contributed by atoms with E-state index in [4.69, 9.17) is 14.6 Å². The fourth-order valence-electron chi connectivity index (χ4n) is 2.43. The maximum absolute atomic E-state index is 12.5. The standard InChI is InChI=1S/C15H17F2NO6/c1-8-6-18(7-12(23-8)14(20)21)13(19)9-3-4-10(22-2)11(5-9)24-15(16)17/h3-5,8,12,15H,6-7H2,1-2H3,(H,20,21)/t8-,12?/m1/s1. The van der Waals surface area contributed by atoms with Gasteiger partial charge in [-0.15, -0.1) is 0 Å². The highest BCUT2D eigenvalue weighted by molar-refractivity contribution is 5.95. The molecule has 0 aromatic heterocycles. The molecular formula is C15H17F2NO6. The van der Waals surface area contributed by atoms with E-state index in [2.05, 4.69) is 4.74 Å². The second kappa shape index (κ2) is 7.43. The van der Waals surface area contributed by atoms with Gasteiger partial charge in [0.1, 0.15) is 0 Å². The molecule has 0 saturated carbocycles. The van der Waals surface area contributed by atoms with E-state index < -0.39 is 30.7 Å². The number of methoxy groups -OCH3 is 1. The Morgan fingerprint density at radius 1 is 1.33 bits per heavy atom. The summed E-state index contributed by atoms with van der Waals surface area (Å²) in [4.78, 5) is 24.9. The highest BCUT2D eigenvalue weighted by Crippen LogP contribution is 2.30. The average Bonchev–Trinajstić information content (AvgIpc) is 2.52. The molecular weight excluding hydrogens is 328 g/mol. The molecule has 24 heavy (non-hydrogen) atoms. The third-order valence-electron chi connectivity index (χ3n) is 3.45. The van der Waals surface area contributed by atoms with Crippen molar-refractivity contribution in [3.63, 3.8) is 0 Å². The molecule has 1 aliphatic rings. The zero-order chi connectivity index (χ0) is 17.9. The van der Waals surface area contributed by atoms with Crippen LogP contribution in [0.4, 0.5) is 8.78 Å². The van der Waals surface area contributed by atoms with Crippen molar-refractivity contribution in [2.75, 3.05) is 20.2 Å². The molecule has 0 radical (unpaired) electrons. The molecule has 1 heterocycles. The van der Waals surface area contributed by atoms with Crippen LogP contribution in [0.5, 0.6) is 11.5 Å². The molecule has 1 aliphatic heterocycles. The number of carbonyl (C=O) groups is 2. The summed E-state index contributed by atoms with van der Waals surface area (Å²) in [5, 5.41) is 9.05. The molecule has 2 rings (SSSR count). The van der Waals surface area contributed by atoms with Gasteiger partial charge in [0.15, 0.2) is 17.6 Å². The summed E-state index contributed by atoms with van der Waals surface area (Å²) in [6.45, 7) is -1.35. The van der Waals surface area contributed by atoms with Gasteiger partial charge >= 0.3 is 12.6 Å². The van der Waals surface area contributed by atoms with Crippen LogP contribution in [0.1, 0.15) is 17.3 Å². The number of amides is 1. The normalized spacial score (nSPS) is 20.8. The van der Waals surface area contributed by atoms with E-state index in [1.54, 1.807) is 6.92 Å². The van der Waals surface area contributed by atoms with Gasteiger partial charge in [-0.2, -0.15) is 8.78 Å². The highest BCUT2D eigenvalue weighted by Gasteiger charge is 2.33. The molecule has 1 amide bonds. The largest absolute Gasteiger partial charge is 0.493 e. The number of carboxylic acids is 1. The van der Waals surface area contributed by atoms with Crippen LogP contribution < -0.4 is 9.47 Å². The van der Waals surface area contributed by atoms with E-state index in [0.717, 1.165) is 6.07 Å². The number of aliphatic carboxylic acids is 1. The van der Waals surface area contributed by atoms with Crippen molar-refractivity contribution in [3.8, 4) is 11.5 Å². The first-order valence-corrected chi connectivity index (χ1v) is 7.12. The van der Waals surface area contributed by atoms with Crippen molar-refractivity contribution in [2.45, 2.75) is 25.7 Å². The molecule has 9 heteroatoms. The molecule has 1 aromatic carbocycles. The number of ether oxygens (including phenoxy) is 3. The molecule has 132 valence electrons. The number of halogens is 2. The summed E-state index contributed by atoms with van der Waals surface area (Å²) in [6.07, 6.45) is -1.59. The number of carboxylic acid groups (broad SMARTS) is 1. The van der Waals surface area contributed by atoms with Gasteiger partial charge in [-0.05, 0) is 25.1 Å². The zero-order valence-electron chi connectivity index (χ0n) is 13.1. The third kappa shape index (κ3) is 4.10. The van der Waals surface area contributed by atoms with Gasteiger partial charge in [-0.1, -0.05) is 0 Å². The molecule has 0 bridgehead atoms. The van der Waals surface area contributed by atoms with Crippen molar-refractivity contribution in [1.82, 2.24) is 4.90 Å². The van der Waals surface area contributed by atoms with Crippen LogP contribution in [-0.2, 0) is 9.53 Å². The lowest BCUT2D eigenvalue weighted by atomic mass is 10.1. The Morgan fingerprint density at radius 2 is 2.04 bits per heavy atom. The summed E-state index contributed by atoms with van der Waals surface area (Å²) < 4.78 is 39.4. The van der Waals surface area contributed by atoms with Crippen LogP contribution >= 0.6 is 0 Å². The fraction of sp³-hybridized carbons (Fsp3) is 0.467. The van der Waals surface area contributed by atoms with Gasteiger partial charge in [0.05, 0.1) is 19.8 Å². The number of alkyl halides is 2. The summed E-state index contributed by atoms with van der Waals surface area (Å²) in [5.74, 6) is -1.88. The van der Waals surface area contributed by atoms with Crippen LogP contribution in [0, 0.1) is 0 Å². The van der Waals surface area contributed by atoms with Crippen molar-refractivity contribution in [2.24, 2.45) is 0 Å². The zero-order valence-corrected chi connectivity index (χ0v) is 13.1. The summed E-state index contributed by atoms with van der Waals surface area (Å²) in [6, 6.07) is 3.88. The minimum absolute atomic E-state index is 0.0607. The lowest BCUT2D eigenvalue weighted by molar-refractivity contribution is -0.160. The van der Waals surface area contributed by atoms with Crippen LogP contribution in [0.2, 0.25) is 0 Å². The summed E-state index contributed by atoms with van der Waals surface area (Å²) in [7, 11) is 1.29. The molecule has 0 aliphatic carbocycles. The quantitative estimate of drug-likeness (QED) is 0.873. The third-order valence-corrected chi connectivity index (χ3v) is 3.45. The molecule has 1 fully saturated rings. The highest BCUT2D eigenvalue weighted by atomic mass is 19.3. The van der Waals surface area contributed by atoms with E-state index in [-0.39, 0.29) is 30.2 Å². The Kier molecular flexibility index (Phi) is 5.55. The molecule has 1 aromatic rings. The molecule has 0 spiro atoms. The molecule has 1 unspecified atom stereocenters. The number of morpholine rings is 1. The maximum atomic E-state index is 12.5. The topological polar surface area (TPSA) is 85.3 Å². The second-order valence-corrected chi connectivity index (χ2v) is 5.23. The van der Waals surface area contributed by atoms with Crippen molar-refractivity contribution >= 4 is 11.9 Å². The molecule has 1 N–H and O–H groups in total. The first kappa shape index (κ1) is 17.9. The Hall–Kier alpha value is -2.42. The van der Waals surface area contributed by atoms with Crippen LogP contribution in [0.15, 0.2) is 18.2 Å². The van der Waals surface area contributed by atoms with Gasteiger partial charge in [-0.25, -0.2) is 4.79 Å². The number of hydrogen-bond acceptors (Lipinski definition) is 5. The Bertz CT molecular complexity index is 624. The van der Waals surface area contributed by atoms with E-state index in [9.17, 15) is 18.4 Å². The predicted octanol–water partition coefficient (Wildman–Crippen LogP) is 1.61. The van der Waals surface area contributed by atoms with Crippen LogP contribution in [-0.4, -0.2) is 60.9 Å². The molecule has 1 saturated heterocycles. The number of carbonyl (C=O) groups excluding carboxylic acids is 1. The first-order chi connectivity index (χ1) is 11.3. The summed E-state index contributed by atoms with van der Waals surface area (Å²) in [5.41, 5.74) is 0.0877. The average molecular weight is 345 g/mol. The van der Waals surface area contributed by atoms with E-state index in [1.807, 2.05) is 0 Å². The van der Waals surface area contributed by atoms with Gasteiger partial charge in [0, 0.05) is 12.1 Å². The number of nitrogens with zero attached hydrogens (tertiary/aromatic N) is 1. The van der Waals surface area contributed by atoms with Gasteiger partial charge < -0.3 is 24.2 Å². The SMILES string of the molecule is COc1ccc(C(=O)N2CC(C(=O)O)O[C@H](C)C2)cc1OC(F)F. The minimum Gasteiger partial charge on any atom is -0.493 e. The Balaban J connectivity index is 2.23. The lowest BCUT2D eigenvalue weighted by Crippen LogP contribution is -2.51. The fourth-order valence-corrected chi connectivity index (χ4v) is 2.43. The van der Waals surface area contributed by atoms with Crippen molar-refractivity contribution < 1.29 is 37.7 Å². The van der Waals surface area contributed by atoms with Gasteiger partial charge in [-0.3, -0.25) is 4.79 Å². The number of hydrogen-bond donors (Lipinski definition) is 1. The summed E-state index contributed by atoms with van der Waals surface area (Å²) >= 11 is 0. The van der Waals surface area contributed by atoms with Crippen LogP contribution in [0.25, 0.3) is 0 Å². The van der Waals surface area contributed by atoms with Gasteiger partial charge in [0.25, 0.3) is 5.91 Å². The monoisotopic (exact) mass is 345 g/mol. The van der Waals surface area contributed by atoms with Crippen molar-refractivity contribution in [1.29, 1.82) is 0 Å². The second-order valence-electron chi connectivity index (χ2n) is 5.23. The van der Waals surface area contributed by atoms with E-state index in [0.29, 0.717) is 0 Å². The lowest BCUT2D eigenvalue weighted by Gasteiger charge is -2.35. The van der Waals surface area contributed by atoms with E-state index in [1.165, 1.54) is 24.1 Å². The first-order valence-electron chi connectivity index (χ1n) is 7.12. The number of rotatable bonds is 5. The van der Waals surface area contributed by atoms with E-state index >= 15 is 0 Å². The predicted molar refractivity (Wildman–Crippen MR) is 77.5 cm³/mol. The maximum Gasteiger partial charge on any atom is 0.387 e. The Morgan fingerprint density at radius 3 is 2.62 bits per heavy atom. The molecule has 7 nitrogen and oxygen atoms in total. The Labute approximate surface area is 136 Å². The minimum atomic E-state index is -3.07. The smallest absolute Gasteiger partial charge is 0.387 e.